The smallest absolute Gasteiger partial charge is 0.102 e. The van der Waals surface area contributed by atoms with Crippen molar-refractivity contribution < 1.29 is 0 Å². The van der Waals surface area contributed by atoms with Crippen LogP contribution in [0.3, 0.4) is 0 Å². The first-order valence-corrected chi connectivity index (χ1v) is 4.84. The fourth-order valence-corrected chi connectivity index (χ4v) is 1.43. The number of nitrogens with one attached hydrogen (secondary N) is 1. The topological polar surface area (TPSA) is 27.6 Å². The van der Waals surface area contributed by atoms with Gasteiger partial charge in [0.15, 0.2) is 0 Å². The Morgan fingerprint density at radius 3 is 3.00 bits per heavy atom. The van der Waals surface area contributed by atoms with Crippen LogP contribution in [-0.2, 0) is 0 Å². The van der Waals surface area contributed by atoms with Crippen molar-refractivity contribution in [2.75, 3.05) is 26.7 Å². The second-order valence-electron chi connectivity index (χ2n) is 3.63. The molecule has 1 saturated heterocycles. The first-order chi connectivity index (χ1) is 6.18. The number of allylic oxidation sites excluding steroid dienone is 1. The molecule has 1 aliphatic rings. The average Bonchev–Trinajstić information content (AvgIpc) is 1.99. The van der Waals surface area contributed by atoms with E-state index >= 15 is 0 Å². The Bertz CT molecular complexity index is 196. The van der Waals surface area contributed by atoms with Gasteiger partial charge in [-0.2, -0.15) is 0 Å². The summed E-state index contributed by atoms with van der Waals surface area (Å²) in [6.45, 7) is 8.96. The van der Waals surface area contributed by atoms with Gasteiger partial charge in [0.05, 0.1) is 0 Å². The minimum atomic E-state index is 0.886. The Morgan fingerprint density at radius 1 is 1.54 bits per heavy atom. The second kappa shape index (κ2) is 5.02. The molecule has 1 heterocycles. The van der Waals surface area contributed by atoms with Crippen LogP contribution in [0.4, 0.5) is 0 Å². The van der Waals surface area contributed by atoms with Crippen molar-refractivity contribution >= 4 is 5.84 Å². The van der Waals surface area contributed by atoms with Crippen molar-refractivity contribution in [3.05, 3.63) is 12.3 Å². The minimum Gasteiger partial charge on any atom is -0.372 e. The van der Waals surface area contributed by atoms with E-state index in [-0.39, 0.29) is 0 Å². The van der Waals surface area contributed by atoms with Gasteiger partial charge in [-0.3, -0.25) is 0 Å². The third kappa shape index (κ3) is 4.08. The highest BCUT2D eigenvalue weighted by molar-refractivity contribution is 5.83. The summed E-state index contributed by atoms with van der Waals surface area (Å²) in [5, 5.41) is 3.33. The van der Waals surface area contributed by atoms with Crippen molar-refractivity contribution in [3.63, 3.8) is 0 Å². The van der Waals surface area contributed by atoms with Crippen LogP contribution in [0.15, 0.2) is 17.3 Å². The van der Waals surface area contributed by atoms with Crippen molar-refractivity contribution in [2.45, 2.75) is 19.8 Å². The van der Waals surface area contributed by atoms with E-state index in [9.17, 15) is 0 Å². The molecule has 1 fully saturated rings. The van der Waals surface area contributed by atoms with Gasteiger partial charge in [0.2, 0.25) is 0 Å². The molecule has 74 valence electrons. The van der Waals surface area contributed by atoms with E-state index in [1.54, 1.807) is 0 Å². The van der Waals surface area contributed by atoms with Gasteiger partial charge < -0.3 is 10.2 Å². The van der Waals surface area contributed by atoms with Crippen molar-refractivity contribution in [3.8, 4) is 0 Å². The molecule has 0 aromatic rings. The van der Waals surface area contributed by atoms with Gasteiger partial charge in [-0.25, -0.2) is 4.99 Å². The fraction of sp³-hybridized carbons (Fsp3) is 0.700. The lowest BCUT2D eigenvalue weighted by atomic mass is 10.2. The lowest BCUT2D eigenvalue weighted by Gasteiger charge is -2.21. The van der Waals surface area contributed by atoms with E-state index in [0.29, 0.717) is 0 Å². The molecule has 0 bridgehead atoms. The molecular weight excluding hydrogens is 162 g/mol. The number of hydrogen-bond donors (Lipinski definition) is 1. The zero-order valence-corrected chi connectivity index (χ0v) is 8.64. The summed E-state index contributed by atoms with van der Waals surface area (Å²) in [5.41, 5.74) is 0.886. The Morgan fingerprint density at radius 2 is 2.31 bits per heavy atom. The predicted molar refractivity (Wildman–Crippen MR) is 57.0 cm³/mol. The van der Waals surface area contributed by atoms with Gasteiger partial charge in [0.25, 0.3) is 0 Å². The molecule has 0 aliphatic carbocycles. The summed E-state index contributed by atoms with van der Waals surface area (Å²) in [4.78, 5) is 6.69. The van der Waals surface area contributed by atoms with Crippen molar-refractivity contribution in [1.29, 1.82) is 0 Å². The molecule has 3 nitrogen and oxygen atoms in total. The molecule has 0 aromatic heterocycles. The van der Waals surface area contributed by atoms with Crippen LogP contribution in [0.5, 0.6) is 0 Å². The number of nitrogens with zero attached hydrogens (tertiary/aromatic N) is 2. The van der Waals surface area contributed by atoms with Gasteiger partial charge in [0, 0.05) is 25.2 Å². The molecule has 0 saturated carbocycles. The molecule has 0 aromatic carbocycles. The average molecular weight is 181 g/mol. The zero-order chi connectivity index (χ0) is 9.68. The molecule has 0 spiro atoms. The lowest BCUT2D eigenvalue weighted by Crippen LogP contribution is -2.36. The van der Waals surface area contributed by atoms with Gasteiger partial charge in [0.1, 0.15) is 5.84 Å². The number of rotatable bonds is 1. The molecule has 1 rings (SSSR count). The third-order valence-corrected chi connectivity index (χ3v) is 2.10. The van der Waals surface area contributed by atoms with Crippen LogP contribution in [-0.4, -0.2) is 37.4 Å². The Hall–Kier alpha value is -0.830. The maximum absolute atomic E-state index is 4.36. The Balaban J connectivity index is 2.45. The number of hydrogen-bond acceptors (Lipinski definition) is 2. The first-order valence-electron chi connectivity index (χ1n) is 4.84. The SMILES string of the molecule is C=C(C)/N=C1/CCCN(C)CCN1. The normalized spacial score (nSPS) is 23.4. The molecule has 13 heavy (non-hydrogen) atoms. The highest BCUT2D eigenvalue weighted by Gasteiger charge is 2.06. The van der Waals surface area contributed by atoms with Gasteiger partial charge in [-0.15, -0.1) is 0 Å². The lowest BCUT2D eigenvalue weighted by molar-refractivity contribution is 0.328. The first kappa shape index (κ1) is 10.3. The van der Waals surface area contributed by atoms with Gasteiger partial charge in [-0.05, 0) is 26.9 Å². The van der Waals surface area contributed by atoms with Crippen molar-refractivity contribution in [1.82, 2.24) is 10.2 Å². The molecular formula is C10H19N3. The molecule has 3 heteroatoms. The Kier molecular flexibility index (Phi) is 3.96. The predicted octanol–water partition coefficient (Wildman–Crippen LogP) is 1.23. The summed E-state index contributed by atoms with van der Waals surface area (Å²) >= 11 is 0. The van der Waals surface area contributed by atoms with E-state index in [4.69, 9.17) is 0 Å². The quantitative estimate of drug-likeness (QED) is 0.659. The second-order valence-corrected chi connectivity index (χ2v) is 3.63. The minimum absolute atomic E-state index is 0.886. The van der Waals surface area contributed by atoms with E-state index in [0.717, 1.165) is 37.6 Å². The summed E-state index contributed by atoms with van der Waals surface area (Å²) < 4.78 is 0. The van der Waals surface area contributed by atoms with Crippen LogP contribution in [0, 0.1) is 0 Å². The van der Waals surface area contributed by atoms with Crippen LogP contribution in [0.25, 0.3) is 0 Å². The molecule has 0 radical (unpaired) electrons. The molecule has 0 unspecified atom stereocenters. The van der Waals surface area contributed by atoms with Crippen LogP contribution >= 0.6 is 0 Å². The standard InChI is InChI=1S/C10H19N3/c1-9(2)12-10-5-4-7-13(3)8-6-11-10/h1,4-8H2,2-3H3,(H,11,12). The summed E-state index contributed by atoms with van der Waals surface area (Å²) in [5.74, 6) is 1.10. The van der Waals surface area contributed by atoms with E-state index < -0.39 is 0 Å². The largest absolute Gasteiger partial charge is 0.372 e. The van der Waals surface area contributed by atoms with E-state index in [1.165, 1.54) is 6.42 Å². The maximum Gasteiger partial charge on any atom is 0.102 e. The molecule has 1 aliphatic heterocycles. The number of amidine groups is 1. The summed E-state index contributed by atoms with van der Waals surface area (Å²) in [6, 6.07) is 0. The monoisotopic (exact) mass is 181 g/mol. The molecule has 0 atom stereocenters. The fourth-order valence-electron chi connectivity index (χ4n) is 1.43. The number of likely N-dealkylation sites (N-methyl/N-ethyl adjacent to an activating group) is 1. The van der Waals surface area contributed by atoms with Crippen molar-refractivity contribution in [2.24, 2.45) is 4.99 Å². The van der Waals surface area contributed by atoms with Crippen LogP contribution in [0.1, 0.15) is 19.8 Å². The van der Waals surface area contributed by atoms with Crippen LogP contribution in [0.2, 0.25) is 0 Å². The molecule has 1 N–H and O–H groups in total. The summed E-state index contributed by atoms with van der Waals surface area (Å²) in [6.07, 6.45) is 2.22. The summed E-state index contributed by atoms with van der Waals surface area (Å²) in [7, 11) is 2.16. The van der Waals surface area contributed by atoms with E-state index in [2.05, 4.69) is 28.8 Å². The number of aliphatic imine (C=N–C) groups is 1. The maximum atomic E-state index is 4.36. The van der Waals surface area contributed by atoms with Crippen LogP contribution < -0.4 is 5.32 Å². The van der Waals surface area contributed by atoms with Gasteiger partial charge in [-0.1, -0.05) is 6.58 Å². The highest BCUT2D eigenvalue weighted by atomic mass is 15.1. The van der Waals surface area contributed by atoms with Gasteiger partial charge >= 0.3 is 0 Å². The van der Waals surface area contributed by atoms with E-state index in [1.807, 2.05) is 6.92 Å². The molecule has 0 amide bonds. The highest BCUT2D eigenvalue weighted by Crippen LogP contribution is 2.00. The Labute approximate surface area is 80.5 Å². The zero-order valence-electron chi connectivity index (χ0n) is 8.64. The third-order valence-electron chi connectivity index (χ3n) is 2.10.